The van der Waals surface area contributed by atoms with Gasteiger partial charge in [-0.1, -0.05) is 6.08 Å². The van der Waals surface area contributed by atoms with Crippen molar-refractivity contribution in [3.8, 4) is 0 Å². The number of hydrogen-bond donors (Lipinski definition) is 1. The molecule has 2 saturated heterocycles. The molecular weight excluding hydrogens is 218 g/mol. The van der Waals surface area contributed by atoms with Crippen LogP contribution in [0.3, 0.4) is 0 Å². The first-order chi connectivity index (χ1) is 7.57. The third kappa shape index (κ3) is 1.77. The Hall–Kier alpha value is -1.18. The van der Waals surface area contributed by atoms with E-state index in [0.717, 1.165) is 0 Å². The van der Waals surface area contributed by atoms with E-state index in [9.17, 15) is 15.2 Å². The molecule has 7 nitrogen and oxygen atoms in total. The van der Waals surface area contributed by atoms with Crippen LogP contribution in [0.5, 0.6) is 0 Å². The van der Waals surface area contributed by atoms with Crippen LogP contribution in [-0.2, 0) is 14.3 Å². The molecule has 0 saturated carbocycles. The molecule has 0 aromatic rings. The average molecular weight is 231 g/mol. The lowest BCUT2D eigenvalue weighted by Gasteiger charge is -2.24. The maximum absolute atomic E-state index is 10.2. The maximum atomic E-state index is 10.2. The molecule has 2 rings (SSSR count). The Labute approximate surface area is 91.7 Å². The van der Waals surface area contributed by atoms with Crippen molar-refractivity contribution in [1.82, 2.24) is 0 Å². The Balaban J connectivity index is 2.05. The Bertz CT molecular complexity index is 308. The van der Waals surface area contributed by atoms with Crippen molar-refractivity contribution >= 4 is 0 Å². The smallest absolute Gasteiger partial charge is 0.294 e. The van der Waals surface area contributed by atoms with E-state index >= 15 is 0 Å². The molecule has 16 heavy (non-hydrogen) atoms. The van der Waals surface area contributed by atoms with Crippen molar-refractivity contribution < 1.29 is 24.5 Å². The molecule has 0 unspecified atom stereocenters. The Kier molecular flexibility index (Phi) is 2.83. The van der Waals surface area contributed by atoms with E-state index in [-0.39, 0.29) is 13.2 Å². The van der Waals surface area contributed by atoms with Gasteiger partial charge in [0.25, 0.3) is 5.09 Å². The minimum Gasteiger partial charge on any atom is -0.384 e. The number of nitrogens with zero attached hydrogens (tertiary/aromatic N) is 1. The lowest BCUT2D eigenvalue weighted by molar-refractivity contribution is -0.769. The Morgan fingerprint density at radius 2 is 2.44 bits per heavy atom. The quantitative estimate of drug-likeness (QED) is 0.404. The van der Waals surface area contributed by atoms with Crippen LogP contribution >= 0.6 is 0 Å². The topological polar surface area (TPSA) is 91.1 Å². The lowest BCUT2D eigenvalue weighted by atomic mass is 9.93. The number of ether oxygens (including phenoxy) is 2. The van der Waals surface area contributed by atoms with Crippen molar-refractivity contribution in [2.45, 2.75) is 30.3 Å². The van der Waals surface area contributed by atoms with E-state index in [1.165, 1.54) is 0 Å². The SMILES string of the molecule is C=CC[C@]1(O)CO[C@@H]2[C@H](O[N+](=O)[O-])CO[C@@H]21. The molecule has 2 fully saturated rings. The normalized spacial score (nSPS) is 41.7. The molecule has 2 heterocycles. The molecule has 0 amide bonds. The summed E-state index contributed by atoms with van der Waals surface area (Å²) in [7, 11) is 0. The summed E-state index contributed by atoms with van der Waals surface area (Å²) >= 11 is 0. The van der Waals surface area contributed by atoms with E-state index < -0.39 is 29.0 Å². The highest BCUT2D eigenvalue weighted by Gasteiger charge is 2.56. The summed E-state index contributed by atoms with van der Waals surface area (Å²) in [6.45, 7) is 3.67. The molecule has 0 aromatic heterocycles. The zero-order chi connectivity index (χ0) is 11.8. The second-order valence-electron chi connectivity index (χ2n) is 3.99. The highest BCUT2D eigenvalue weighted by atomic mass is 17.0. The fraction of sp³-hybridized carbons (Fsp3) is 0.778. The summed E-state index contributed by atoms with van der Waals surface area (Å²) in [4.78, 5) is 14.7. The van der Waals surface area contributed by atoms with E-state index in [0.29, 0.717) is 6.42 Å². The van der Waals surface area contributed by atoms with Crippen LogP contribution in [-0.4, -0.2) is 47.3 Å². The standard InChI is InChI=1S/C9H13NO6/c1-2-3-9(11)5-15-7-6(16-10(12)13)4-14-8(7)9/h2,6-8,11H,1,3-5H2/t6-,7-,8+,9+/m1/s1. The first-order valence-electron chi connectivity index (χ1n) is 4.94. The molecule has 0 aliphatic carbocycles. The van der Waals surface area contributed by atoms with Gasteiger partial charge in [-0.3, -0.25) is 0 Å². The number of fused-ring (bicyclic) bond motifs is 1. The lowest BCUT2D eigenvalue weighted by Crippen LogP contribution is -2.43. The minimum atomic E-state index is -1.15. The minimum absolute atomic E-state index is 0.0514. The molecule has 2 aliphatic rings. The summed E-state index contributed by atoms with van der Waals surface area (Å²) in [6.07, 6.45) is -0.0551. The van der Waals surface area contributed by atoms with Gasteiger partial charge in [-0.25, -0.2) is 0 Å². The van der Waals surface area contributed by atoms with E-state index in [1.807, 2.05) is 0 Å². The van der Waals surface area contributed by atoms with Gasteiger partial charge in [0, 0.05) is 0 Å². The number of hydrogen-bond acceptors (Lipinski definition) is 6. The first-order valence-corrected chi connectivity index (χ1v) is 4.94. The summed E-state index contributed by atoms with van der Waals surface area (Å²) in [5, 5.41) is 19.5. The zero-order valence-corrected chi connectivity index (χ0v) is 8.57. The van der Waals surface area contributed by atoms with Gasteiger partial charge < -0.3 is 19.4 Å². The van der Waals surface area contributed by atoms with Gasteiger partial charge in [0.2, 0.25) is 0 Å². The van der Waals surface area contributed by atoms with Crippen LogP contribution in [0.1, 0.15) is 6.42 Å². The summed E-state index contributed by atoms with van der Waals surface area (Å²) in [5.41, 5.74) is -1.15. The van der Waals surface area contributed by atoms with Crippen molar-refractivity contribution in [3.05, 3.63) is 22.8 Å². The van der Waals surface area contributed by atoms with Crippen LogP contribution in [0, 0.1) is 10.1 Å². The predicted molar refractivity (Wildman–Crippen MR) is 51.1 cm³/mol. The summed E-state index contributed by atoms with van der Waals surface area (Å²) in [5.74, 6) is 0. The second-order valence-corrected chi connectivity index (χ2v) is 3.99. The Morgan fingerprint density at radius 3 is 3.06 bits per heavy atom. The fourth-order valence-corrected chi connectivity index (χ4v) is 2.19. The molecule has 90 valence electrons. The van der Waals surface area contributed by atoms with Crippen LogP contribution in [0.15, 0.2) is 12.7 Å². The largest absolute Gasteiger partial charge is 0.384 e. The molecule has 0 aromatic carbocycles. The number of aliphatic hydroxyl groups is 1. The monoisotopic (exact) mass is 231 g/mol. The van der Waals surface area contributed by atoms with Gasteiger partial charge in [-0.15, -0.1) is 16.7 Å². The third-order valence-corrected chi connectivity index (χ3v) is 2.88. The first kappa shape index (κ1) is 11.3. The Morgan fingerprint density at radius 1 is 1.69 bits per heavy atom. The van der Waals surface area contributed by atoms with Crippen LogP contribution in [0.2, 0.25) is 0 Å². The van der Waals surface area contributed by atoms with Gasteiger partial charge in [-0.2, -0.15) is 0 Å². The molecule has 0 spiro atoms. The van der Waals surface area contributed by atoms with Gasteiger partial charge in [0.1, 0.15) is 17.8 Å². The van der Waals surface area contributed by atoms with Gasteiger partial charge in [0.05, 0.1) is 13.2 Å². The van der Waals surface area contributed by atoms with Crippen molar-refractivity contribution in [2.75, 3.05) is 13.2 Å². The van der Waals surface area contributed by atoms with Crippen molar-refractivity contribution in [3.63, 3.8) is 0 Å². The van der Waals surface area contributed by atoms with Crippen molar-refractivity contribution in [2.24, 2.45) is 0 Å². The predicted octanol–water partition coefficient (Wildman–Crippen LogP) is -0.332. The molecular formula is C9H13NO6. The fourth-order valence-electron chi connectivity index (χ4n) is 2.19. The van der Waals surface area contributed by atoms with E-state index in [4.69, 9.17) is 9.47 Å². The summed E-state index contributed by atoms with van der Waals surface area (Å²) < 4.78 is 10.6. The van der Waals surface area contributed by atoms with Gasteiger partial charge in [0.15, 0.2) is 6.10 Å². The van der Waals surface area contributed by atoms with E-state index in [1.54, 1.807) is 6.08 Å². The van der Waals surface area contributed by atoms with Crippen LogP contribution < -0.4 is 0 Å². The highest BCUT2D eigenvalue weighted by Crippen LogP contribution is 2.37. The van der Waals surface area contributed by atoms with Crippen molar-refractivity contribution in [1.29, 1.82) is 0 Å². The van der Waals surface area contributed by atoms with E-state index in [2.05, 4.69) is 11.4 Å². The number of rotatable bonds is 4. The third-order valence-electron chi connectivity index (χ3n) is 2.88. The molecule has 0 bridgehead atoms. The average Bonchev–Trinajstić information content (AvgIpc) is 2.71. The zero-order valence-electron chi connectivity index (χ0n) is 8.57. The molecule has 4 atom stereocenters. The van der Waals surface area contributed by atoms with Gasteiger partial charge in [-0.05, 0) is 6.42 Å². The molecule has 7 heteroatoms. The highest BCUT2D eigenvalue weighted by molar-refractivity contribution is 5.06. The summed E-state index contributed by atoms with van der Waals surface area (Å²) in [6, 6.07) is 0. The maximum Gasteiger partial charge on any atom is 0.294 e. The molecule has 1 N–H and O–H groups in total. The second kappa shape index (κ2) is 4.00. The van der Waals surface area contributed by atoms with Crippen LogP contribution in [0.4, 0.5) is 0 Å². The van der Waals surface area contributed by atoms with Gasteiger partial charge >= 0.3 is 0 Å². The molecule has 0 radical (unpaired) electrons. The molecule has 2 aliphatic heterocycles. The van der Waals surface area contributed by atoms with Crippen LogP contribution in [0.25, 0.3) is 0 Å².